The molecule has 1 aliphatic rings. The Kier molecular flexibility index (Phi) is 7.69. The second-order valence-corrected chi connectivity index (χ2v) is 10.0. The maximum absolute atomic E-state index is 13.0. The summed E-state index contributed by atoms with van der Waals surface area (Å²) in [6.07, 6.45) is -0.00475. The van der Waals surface area contributed by atoms with Crippen molar-refractivity contribution in [1.29, 1.82) is 0 Å². The number of amides is 1. The Hall–Kier alpha value is -2.42. The van der Waals surface area contributed by atoms with Gasteiger partial charge in [-0.2, -0.15) is 0 Å². The summed E-state index contributed by atoms with van der Waals surface area (Å²) < 4.78 is 33.4. The molecule has 2 N–H and O–H groups in total. The molecule has 0 aliphatic carbocycles. The minimum absolute atomic E-state index is 0.00780. The minimum atomic E-state index is -3.63. The van der Waals surface area contributed by atoms with Crippen molar-refractivity contribution in [3.05, 3.63) is 70.8 Å². The third kappa shape index (κ3) is 6.53. The average molecular weight is 447 g/mol. The van der Waals surface area contributed by atoms with E-state index in [9.17, 15) is 13.2 Å². The van der Waals surface area contributed by atoms with Crippen molar-refractivity contribution in [3.8, 4) is 0 Å². The summed E-state index contributed by atoms with van der Waals surface area (Å²) in [6, 6.07) is 14.2. The third-order valence-electron chi connectivity index (χ3n) is 5.65. The van der Waals surface area contributed by atoms with Gasteiger partial charge in [-0.3, -0.25) is 0 Å². The molecule has 1 saturated heterocycles. The predicted octanol–water partition coefficient (Wildman–Crippen LogP) is 3.62. The second kappa shape index (κ2) is 10.3. The Morgan fingerprint density at radius 3 is 2.48 bits per heavy atom. The maximum Gasteiger partial charge on any atom is 0.405 e. The Morgan fingerprint density at radius 2 is 1.84 bits per heavy atom. The smallest absolute Gasteiger partial charge is 0.405 e. The molecule has 1 heterocycles. The molecule has 3 rings (SSSR count). The number of benzene rings is 2. The van der Waals surface area contributed by atoms with Crippen molar-refractivity contribution < 1.29 is 23.1 Å². The van der Waals surface area contributed by atoms with Crippen LogP contribution in [0.2, 0.25) is 0 Å². The van der Waals surface area contributed by atoms with E-state index >= 15 is 0 Å². The summed E-state index contributed by atoms with van der Waals surface area (Å²) in [4.78, 5) is 11.2. The summed E-state index contributed by atoms with van der Waals surface area (Å²) in [7, 11) is -3.63. The molecule has 31 heavy (non-hydrogen) atoms. The van der Waals surface area contributed by atoms with E-state index in [4.69, 9.17) is 9.84 Å². The predicted molar refractivity (Wildman–Crippen MR) is 119 cm³/mol. The van der Waals surface area contributed by atoms with Gasteiger partial charge in [0.15, 0.2) is 0 Å². The number of hydrogen-bond acceptors (Lipinski definition) is 4. The van der Waals surface area contributed by atoms with Crippen molar-refractivity contribution >= 4 is 16.1 Å². The van der Waals surface area contributed by atoms with E-state index in [1.807, 2.05) is 6.92 Å². The highest BCUT2D eigenvalue weighted by Crippen LogP contribution is 2.23. The molecule has 1 unspecified atom stereocenters. The van der Waals surface area contributed by atoms with Crippen LogP contribution in [0.25, 0.3) is 0 Å². The molecule has 8 heteroatoms. The number of sulfonamides is 1. The first-order chi connectivity index (χ1) is 14.7. The quantitative estimate of drug-likeness (QED) is 0.646. The van der Waals surface area contributed by atoms with E-state index in [0.717, 1.165) is 5.56 Å². The fourth-order valence-corrected chi connectivity index (χ4v) is 5.49. The zero-order chi connectivity index (χ0) is 22.4. The Bertz CT molecular complexity index is 986. The number of aryl methyl sites for hydroxylation is 2. The molecule has 1 aliphatic heterocycles. The third-order valence-corrected chi connectivity index (χ3v) is 7.56. The van der Waals surface area contributed by atoms with Gasteiger partial charge >= 0.3 is 6.09 Å². The van der Waals surface area contributed by atoms with E-state index < -0.39 is 22.2 Å². The lowest BCUT2D eigenvalue weighted by Crippen LogP contribution is -2.44. The van der Waals surface area contributed by atoms with Crippen molar-refractivity contribution in [2.45, 2.75) is 45.4 Å². The Balaban J connectivity index is 1.57. The molecule has 2 aromatic rings. The molecule has 0 spiro atoms. The molecule has 1 amide bonds. The summed E-state index contributed by atoms with van der Waals surface area (Å²) in [5.74, 6) is -0.308. The number of carboxylic acid groups (broad SMARTS) is 1. The first kappa shape index (κ1) is 23.2. The maximum atomic E-state index is 13.0. The highest BCUT2D eigenvalue weighted by Gasteiger charge is 2.31. The Morgan fingerprint density at radius 1 is 1.16 bits per heavy atom. The van der Waals surface area contributed by atoms with E-state index in [1.165, 1.54) is 15.4 Å². The van der Waals surface area contributed by atoms with Crippen LogP contribution in [0.5, 0.6) is 0 Å². The topological polar surface area (TPSA) is 95.9 Å². The first-order valence-corrected chi connectivity index (χ1v) is 12.1. The van der Waals surface area contributed by atoms with Crippen LogP contribution in [0.15, 0.2) is 48.5 Å². The molecule has 0 radical (unpaired) electrons. The fourth-order valence-electron chi connectivity index (χ4n) is 3.81. The lowest BCUT2D eigenvalue weighted by molar-refractivity contribution is 0.00996. The minimum Gasteiger partial charge on any atom is -0.465 e. The van der Waals surface area contributed by atoms with Crippen molar-refractivity contribution in [2.24, 2.45) is 0 Å². The number of hydrogen-bond donors (Lipinski definition) is 2. The van der Waals surface area contributed by atoms with Crippen LogP contribution in [-0.4, -0.2) is 48.9 Å². The highest BCUT2D eigenvalue weighted by molar-refractivity contribution is 7.89. The van der Waals surface area contributed by atoms with Crippen LogP contribution in [0.4, 0.5) is 4.79 Å². The molecule has 168 valence electrons. The summed E-state index contributed by atoms with van der Waals surface area (Å²) in [5.41, 5.74) is 4.15. The zero-order valence-electron chi connectivity index (χ0n) is 18.0. The van der Waals surface area contributed by atoms with Crippen molar-refractivity contribution in [2.75, 3.05) is 18.8 Å². The molecule has 0 saturated carbocycles. The second-order valence-electron chi connectivity index (χ2n) is 8.03. The van der Waals surface area contributed by atoms with Crippen LogP contribution >= 0.6 is 0 Å². The van der Waals surface area contributed by atoms with E-state index in [0.29, 0.717) is 38.1 Å². The van der Waals surface area contributed by atoms with Gasteiger partial charge in [0.2, 0.25) is 10.0 Å². The summed E-state index contributed by atoms with van der Waals surface area (Å²) in [5, 5.41) is 11.5. The normalized spacial score (nSPS) is 16.7. The summed E-state index contributed by atoms with van der Waals surface area (Å²) >= 11 is 0. The van der Waals surface area contributed by atoms with Gasteiger partial charge in [0.25, 0.3) is 0 Å². The van der Waals surface area contributed by atoms with E-state index in [1.54, 1.807) is 30.3 Å². The number of piperidine rings is 1. The van der Waals surface area contributed by atoms with Crippen LogP contribution in [0.3, 0.4) is 0 Å². The molecule has 0 bridgehead atoms. The van der Waals surface area contributed by atoms with Crippen molar-refractivity contribution in [1.82, 2.24) is 9.62 Å². The van der Waals surface area contributed by atoms with Crippen LogP contribution in [-0.2, 0) is 21.4 Å². The molecule has 7 nitrogen and oxygen atoms in total. The molecule has 2 aromatic carbocycles. The number of nitrogens with zero attached hydrogens (tertiary/aromatic N) is 1. The molecule has 1 fully saturated rings. The molecule has 0 aromatic heterocycles. The van der Waals surface area contributed by atoms with Gasteiger partial charge in [-0.15, -0.1) is 0 Å². The number of nitrogens with one attached hydrogen (secondary N) is 1. The molecular formula is C23H30N2O5S. The van der Waals surface area contributed by atoms with Crippen molar-refractivity contribution in [3.63, 3.8) is 0 Å². The SMILES string of the molecule is Cc1ccc(C)c(COC2CCN(S(=O)(=O)CC(NC(=O)O)c3ccccc3)CC2)c1. The lowest BCUT2D eigenvalue weighted by atomic mass is 10.1. The Labute approximate surface area is 184 Å². The molecule has 1 atom stereocenters. The van der Waals surface area contributed by atoms with Gasteiger partial charge in [-0.05, 0) is 43.4 Å². The van der Waals surface area contributed by atoms with Gasteiger partial charge < -0.3 is 15.2 Å². The van der Waals surface area contributed by atoms with Gasteiger partial charge in [0.1, 0.15) is 0 Å². The number of ether oxygens (including phenoxy) is 1. The van der Waals surface area contributed by atoms with Gasteiger partial charge in [-0.25, -0.2) is 17.5 Å². The zero-order valence-corrected chi connectivity index (χ0v) is 18.8. The first-order valence-electron chi connectivity index (χ1n) is 10.4. The van der Waals surface area contributed by atoms with Gasteiger partial charge in [-0.1, -0.05) is 54.1 Å². The number of carbonyl (C=O) groups is 1. The standard InChI is InChI=1S/C23H30N2O5S/c1-17-8-9-18(2)20(14-17)15-30-21-10-12-25(13-11-21)31(28,29)16-22(24-23(26)27)19-6-4-3-5-7-19/h3-9,14,21-22,24H,10-13,15-16H2,1-2H3,(H,26,27). The van der Waals surface area contributed by atoms with Gasteiger partial charge in [0, 0.05) is 13.1 Å². The lowest BCUT2D eigenvalue weighted by Gasteiger charge is -2.32. The van der Waals surface area contributed by atoms with Crippen LogP contribution < -0.4 is 5.32 Å². The largest absolute Gasteiger partial charge is 0.465 e. The number of rotatable bonds is 8. The highest BCUT2D eigenvalue weighted by atomic mass is 32.2. The summed E-state index contributed by atoms with van der Waals surface area (Å²) in [6.45, 7) is 5.36. The van der Waals surface area contributed by atoms with Crippen LogP contribution in [0, 0.1) is 13.8 Å². The average Bonchev–Trinajstić information content (AvgIpc) is 2.74. The van der Waals surface area contributed by atoms with E-state index in [-0.39, 0.29) is 11.9 Å². The van der Waals surface area contributed by atoms with Gasteiger partial charge in [0.05, 0.1) is 24.5 Å². The molecular weight excluding hydrogens is 416 g/mol. The fraction of sp³-hybridized carbons (Fsp3) is 0.435. The van der Waals surface area contributed by atoms with Crippen LogP contribution in [0.1, 0.15) is 41.1 Å². The monoisotopic (exact) mass is 446 g/mol. The van der Waals surface area contributed by atoms with E-state index in [2.05, 4.69) is 30.4 Å².